The highest BCUT2D eigenvalue weighted by Gasteiger charge is 2.17. The molecule has 0 aromatic carbocycles. The zero-order valence-corrected chi connectivity index (χ0v) is 10.5. The van der Waals surface area contributed by atoms with Gasteiger partial charge in [0.1, 0.15) is 10.8 Å². The van der Waals surface area contributed by atoms with Crippen molar-refractivity contribution in [2.45, 2.75) is 10.1 Å². The number of rotatable bonds is 3. The minimum Gasteiger partial charge on any atom is -0.384 e. The Morgan fingerprint density at radius 1 is 1.33 bits per heavy atom. The molecule has 2 heterocycles. The van der Waals surface area contributed by atoms with E-state index in [1.54, 1.807) is 12.1 Å². The molecule has 0 saturated carbocycles. The highest BCUT2D eigenvalue weighted by Crippen LogP contribution is 2.32. The molecule has 0 amide bonds. The summed E-state index contributed by atoms with van der Waals surface area (Å²) in [5.41, 5.74) is 5.41. The lowest BCUT2D eigenvalue weighted by Gasteiger charge is -2.02. The highest BCUT2D eigenvalue weighted by molar-refractivity contribution is 7.99. The molecule has 0 bridgehead atoms. The number of nitrogen functional groups attached to an aromatic ring is 1. The molecular weight excluding hydrogens is 276 g/mol. The molecule has 2 aromatic rings. The van der Waals surface area contributed by atoms with Gasteiger partial charge < -0.3 is 5.73 Å². The number of anilines is 1. The van der Waals surface area contributed by atoms with Gasteiger partial charge in [0, 0.05) is 12.3 Å². The van der Waals surface area contributed by atoms with Crippen LogP contribution in [0.4, 0.5) is 11.5 Å². The van der Waals surface area contributed by atoms with Gasteiger partial charge in [-0.2, -0.15) is 0 Å². The van der Waals surface area contributed by atoms with Crippen molar-refractivity contribution in [3.63, 3.8) is 0 Å². The second-order valence-corrected chi connectivity index (χ2v) is 4.68. The molecule has 0 aliphatic heterocycles. The molecule has 0 radical (unpaired) electrons. The molecule has 0 aliphatic carbocycles. The average molecular weight is 283 g/mol. The molecule has 18 heavy (non-hydrogen) atoms. The highest BCUT2D eigenvalue weighted by atomic mass is 35.5. The summed E-state index contributed by atoms with van der Waals surface area (Å²) in [6.45, 7) is 0. The van der Waals surface area contributed by atoms with Gasteiger partial charge in [0.25, 0.3) is 0 Å². The van der Waals surface area contributed by atoms with Crippen LogP contribution in [0.3, 0.4) is 0 Å². The van der Waals surface area contributed by atoms with Crippen LogP contribution in [0.2, 0.25) is 5.02 Å². The van der Waals surface area contributed by atoms with Gasteiger partial charge in [-0.1, -0.05) is 11.6 Å². The van der Waals surface area contributed by atoms with E-state index in [0.717, 1.165) is 11.8 Å². The number of nitrogens with zero attached hydrogens (tertiary/aromatic N) is 3. The molecule has 2 N–H and O–H groups in total. The number of pyridine rings is 2. The topological polar surface area (TPSA) is 94.9 Å². The molecule has 0 unspecified atom stereocenters. The lowest BCUT2D eigenvalue weighted by atomic mass is 10.4. The van der Waals surface area contributed by atoms with Gasteiger partial charge in [-0.25, -0.2) is 9.97 Å². The molecule has 0 fully saturated rings. The minimum absolute atomic E-state index is 0.106. The molecule has 0 aliphatic rings. The standard InChI is InChI=1S/C10H7ClN4O2S/c11-6-1-4-9(13-5-6)18-10-7(15(16)17)2-3-8(12)14-10/h1-5H,(H2,12,14). The van der Waals surface area contributed by atoms with Gasteiger partial charge in [-0.05, 0) is 30.0 Å². The number of hydrogen-bond acceptors (Lipinski definition) is 6. The first kappa shape index (κ1) is 12.6. The van der Waals surface area contributed by atoms with Gasteiger partial charge in [-0.15, -0.1) is 0 Å². The molecule has 0 saturated heterocycles. The SMILES string of the molecule is Nc1ccc([N+](=O)[O-])c(Sc2ccc(Cl)cn2)n1. The summed E-state index contributed by atoms with van der Waals surface area (Å²) in [7, 11) is 0. The van der Waals surface area contributed by atoms with E-state index in [9.17, 15) is 10.1 Å². The minimum atomic E-state index is -0.509. The first-order chi connectivity index (χ1) is 8.56. The summed E-state index contributed by atoms with van der Waals surface area (Å²) in [5.74, 6) is 0.220. The Kier molecular flexibility index (Phi) is 3.63. The number of aromatic nitrogens is 2. The molecule has 0 atom stereocenters. The summed E-state index contributed by atoms with van der Waals surface area (Å²) in [5, 5.41) is 12.1. The summed E-state index contributed by atoms with van der Waals surface area (Å²) in [4.78, 5) is 18.3. The maximum atomic E-state index is 10.8. The van der Waals surface area contributed by atoms with Crippen molar-refractivity contribution < 1.29 is 4.92 Å². The number of hydrogen-bond donors (Lipinski definition) is 1. The second kappa shape index (κ2) is 5.19. The predicted octanol–water partition coefficient (Wildman–Crippen LogP) is 2.77. The summed E-state index contributed by atoms with van der Waals surface area (Å²) in [6.07, 6.45) is 1.46. The van der Waals surface area contributed by atoms with E-state index in [1.165, 1.54) is 18.3 Å². The fraction of sp³-hybridized carbons (Fsp3) is 0. The third kappa shape index (κ3) is 2.88. The van der Waals surface area contributed by atoms with Gasteiger partial charge >= 0.3 is 5.69 Å². The number of nitrogens with two attached hydrogens (primary N) is 1. The average Bonchev–Trinajstić information content (AvgIpc) is 2.32. The van der Waals surface area contributed by atoms with Crippen molar-refractivity contribution in [1.29, 1.82) is 0 Å². The quantitative estimate of drug-likeness (QED) is 0.687. The summed E-state index contributed by atoms with van der Waals surface area (Å²) >= 11 is 6.77. The Bertz CT molecular complexity index is 591. The van der Waals surface area contributed by atoms with Crippen LogP contribution in [0.25, 0.3) is 0 Å². The lowest BCUT2D eigenvalue weighted by Crippen LogP contribution is -1.97. The van der Waals surface area contributed by atoms with Crippen LogP contribution >= 0.6 is 23.4 Å². The Morgan fingerprint density at radius 2 is 2.11 bits per heavy atom. The maximum Gasteiger partial charge on any atom is 0.301 e. The van der Waals surface area contributed by atoms with E-state index in [4.69, 9.17) is 17.3 Å². The molecule has 6 nitrogen and oxygen atoms in total. The Hall–Kier alpha value is -1.86. The van der Waals surface area contributed by atoms with Crippen LogP contribution in [0.1, 0.15) is 0 Å². The monoisotopic (exact) mass is 282 g/mol. The molecule has 92 valence electrons. The molecule has 8 heteroatoms. The zero-order valence-electron chi connectivity index (χ0n) is 8.91. The molecular formula is C10H7ClN4O2S. The normalized spacial score (nSPS) is 10.3. The van der Waals surface area contributed by atoms with Gasteiger partial charge in [0.2, 0.25) is 0 Å². The predicted molar refractivity (Wildman–Crippen MR) is 68.7 cm³/mol. The lowest BCUT2D eigenvalue weighted by molar-refractivity contribution is -0.388. The number of nitro groups is 1. The smallest absolute Gasteiger partial charge is 0.301 e. The van der Waals surface area contributed by atoms with E-state index in [1.807, 2.05) is 0 Å². The fourth-order valence-electron chi connectivity index (χ4n) is 1.18. The van der Waals surface area contributed by atoms with Crippen molar-refractivity contribution in [3.05, 3.63) is 45.6 Å². The van der Waals surface area contributed by atoms with E-state index < -0.39 is 4.92 Å². The molecule has 2 rings (SSSR count). The first-order valence-electron chi connectivity index (χ1n) is 4.76. The largest absolute Gasteiger partial charge is 0.384 e. The van der Waals surface area contributed by atoms with E-state index >= 15 is 0 Å². The van der Waals surface area contributed by atoms with Crippen molar-refractivity contribution in [1.82, 2.24) is 9.97 Å². The van der Waals surface area contributed by atoms with Crippen LogP contribution in [0.5, 0.6) is 0 Å². The van der Waals surface area contributed by atoms with E-state index in [0.29, 0.717) is 10.0 Å². The third-order valence-electron chi connectivity index (χ3n) is 1.96. The fourth-order valence-corrected chi connectivity index (χ4v) is 2.13. The summed E-state index contributed by atoms with van der Waals surface area (Å²) in [6, 6.07) is 6.01. The van der Waals surface area contributed by atoms with Crippen molar-refractivity contribution >= 4 is 34.9 Å². The Labute approximate surface area is 111 Å². The Balaban J connectivity index is 2.35. The van der Waals surface area contributed by atoms with Gasteiger partial charge in [0.15, 0.2) is 5.03 Å². The third-order valence-corrected chi connectivity index (χ3v) is 3.13. The second-order valence-electron chi connectivity index (χ2n) is 3.23. The van der Waals surface area contributed by atoms with Crippen LogP contribution < -0.4 is 5.73 Å². The van der Waals surface area contributed by atoms with Crippen molar-refractivity contribution in [2.75, 3.05) is 5.73 Å². The van der Waals surface area contributed by atoms with Crippen LogP contribution in [-0.4, -0.2) is 14.9 Å². The maximum absolute atomic E-state index is 10.8. The van der Waals surface area contributed by atoms with Crippen LogP contribution in [-0.2, 0) is 0 Å². The summed E-state index contributed by atoms with van der Waals surface area (Å²) < 4.78 is 0. The number of halogens is 1. The molecule has 0 spiro atoms. The van der Waals surface area contributed by atoms with Crippen LogP contribution in [0.15, 0.2) is 40.5 Å². The Morgan fingerprint density at radius 3 is 2.72 bits per heavy atom. The van der Waals surface area contributed by atoms with Crippen molar-refractivity contribution in [3.8, 4) is 0 Å². The van der Waals surface area contributed by atoms with Gasteiger partial charge in [-0.3, -0.25) is 10.1 Å². The van der Waals surface area contributed by atoms with Gasteiger partial charge in [0.05, 0.1) is 9.95 Å². The van der Waals surface area contributed by atoms with E-state index in [2.05, 4.69) is 9.97 Å². The van der Waals surface area contributed by atoms with E-state index in [-0.39, 0.29) is 16.5 Å². The van der Waals surface area contributed by atoms with Crippen molar-refractivity contribution in [2.24, 2.45) is 0 Å². The van der Waals surface area contributed by atoms with Crippen LogP contribution in [0, 0.1) is 10.1 Å². The zero-order chi connectivity index (χ0) is 13.1. The first-order valence-corrected chi connectivity index (χ1v) is 5.96. The molecule has 2 aromatic heterocycles.